The van der Waals surface area contributed by atoms with E-state index in [2.05, 4.69) is 18.2 Å². The van der Waals surface area contributed by atoms with Crippen LogP contribution in [0.25, 0.3) is 0 Å². The van der Waals surface area contributed by atoms with Crippen LogP contribution in [0.4, 0.5) is 4.79 Å². The molecule has 2 aliphatic rings. The van der Waals surface area contributed by atoms with Gasteiger partial charge in [-0.05, 0) is 51.2 Å². The number of carbonyl (C=O) groups is 1. The second-order valence-electron chi connectivity index (χ2n) is 8.21. The van der Waals surface area contributed by atoms with Crippen molar-refractivity contribution in [2.24, 2.45) is 0 Å². The molecule has 5 heteroatoms. The van der Waals surface area contributed by atoms with Gasteiger partial charge in [-0.1, -0.05) is 18.2 Å². The summed E-state index contributed by atoms with van der Waals surface area (Å²) in [5.74, 6) is 1.42. The summed E-state index contributed by atoms with van der Waals surface area (Å²) < 4.78 is 17.2. The van der Waals surface area contributed by atoms with Crippen molar-refractivity contribution in [2.45, 2.75) is 64.1 Å². The second kappa shape index (κ2) is 8.30. The molecule has 2 aliphatic heterocycles. The average molecular weight is 361 g/mol. The largest absolute Gasteiger partial charge is 0.490 e. The standard InChI is InChI=1S/C21H31NO4/c1-21(2,3)26-20(23)22-12-8-16(9-13-22)18-6-4-5-7-19(18)25-17-10-14-24-15-11-17/h4-7,16-17H,8-15H2,1-3H3. The van der Waals surface area contributed by atoms with Crippen LogP contribution in [-0.2, 0) is 9.47 Å². The van der Waals surface area contributed by atoms with Crippen molar-refractivity contribution in [3.05, 3.63) is 29.8 Å². The van der Waals surface area contributed by atoms with Gasteiger partial charge in [0.05, 0.1) is 13.2 Å². The molecule has 0 atom stereocenters. The molecule has 2 saturated heterocycles. The van der Waals surface area contributed by atoms with Crippen molar-refractivity contribution < 1.29 is 19.0 Å². The molecule has 2 heterocycles. The van der Waals surface area contributed by atoms with Crippen LogP contribution >= 0.6 is 0 Å². The number of carbonyl (C=O) groups excluding carboxylic acids is 1. The lowest BCUT2D eigenvalue weighted by Crippen LogP contribution is -2.41. The van der Waals surface area contributed by atoms with Gasteiger partial charge in [0.25, 0.3) is 0 Å². The Morgan fingerprint density at radius 3 is 2.38 bits per heavy atom. The summed E-state index contributed by atoms with van der Waals surface area (Å²) in [5.41, 5.74) is 0.820. The highest BCUT2D eigenvalue weighted by molar-refractivity contribution is 5.68. The number of ether oxygens (including phenoxy) is 3. The Morgan fingerprint density at radius 1 is 1.08 bits per heavy atom. The van der Waals surface area contributed by atoms with Crippen LogP contribution in [-0.4, -0.2) is 49.0 Å². The van der Waals surface area contributed by atoms with Gasteiger partial charge in [-0.15, -0.1) is 0 Å². The Kier molecular flexibility index (Phi) is 6.07. The maximum atomic E-state index is 12.3. The van der Waals surface area contributed by atoms with E-state index in [-0.39, 0.29) is 12.2 Å². The zero-order chi connectivity index (χ0) is 18.6. The van der Waals surface area contributed by atoms with E-state index in [1.54, 1.807) is 0 Å². The Morgan fingerprint density at radius 2 is 1.73 bits per heavy atom. The summed E-state index contributed by atoms with van der Waals surface area (Å²) >= 11 is 0. The zero-order valence-corrected chi connectivity index (χ0v) is 16.2. The van der Waals surface area contributed by atoms with Crippen LogP contribution in [0.3, 0.4) is 0 Å². The number of piperidine rings is 1. The summed E-state index contributed by atoms with van der Waals surface area (Å²) in [4.78, 5) is 14.1. The lowest BCUT2D eigenvalue weighted by molar-refractivity contribution is 0.0199. The smallest absolute Gasteiger partial charge is 0.410 e. The van der Waals surface area contributed by atoms with E-state index in [0.717, 1.165) is 57.7 Å². The average Bonchev–Trinajstić information content (AvgIpc) is 2.62. The molecule has 0 aliphatic carbocycles. The lowest BCUT2D eigenvalue weighted by Gasteiger charge is -2.34. The van der Waals surface area contributed by atoms with Crippen molar-refractivity contribution in [3.63, 3.8) is 0 Å². The van der Waals surface area contributed by atoms with Gasteiger partial charge in [0.2, 0.25) is 0 Å². The molecule has 3 rings (SSSR count). The van der Waals surface area contributed by atoms with E-state index in [1.165, 1.54) is 5.56 Å². The molecule has 1 aromatic carbocycles. The van der Waals surface area contributed by atoms with Crippen molar-refractivity contribution in [1.82, 2.24) is 4.90 Å². The number of para-hydroxylation sites is 1. The van der Waals surface area contributed by atoms with E-state index in [4.69, 9.17) is 14.2 Å². The minimum absolute atomic E-state index is 0.206. The highest BCUT2D eigenvalue weighted by Crippen LogP contribution is 2.35. The quantitative estimate of drug-likeness (QED) is 0.803. The maximum Gasteiger partial charge on any atom is 0.410 e. The van der Waals surface area contributed by atoms with Gasteiger partial charge in [0.1, 0.15) is 17.5 Å². The van der Waals surface area contributed by atoms with Crippen LogP contribution in [0.15, 0.2) is 24.3 Å². The fourth-order valence-electron chi connectivity index (χ4n) is 3.60. The van der Waals surface area contributed by atoms with Crippen molar-refractivity contribution >= 4 is 6.09 Å². The normalized spacial score (nSPS) is 20.0. The number of nitrogens with zero attached hydrogens (tertiary/aromatic N) is 1. The molecule has 0 spiro atoms. The van der Waals surface area contributed by atoms with E-state index < -0.39 is 5.60 Å². The Hall–Kier alpha value is -1.75. The predicted octanol–water partition coefficient (Wildman–Crippen LogP) is 4.36. The number of benzene rings is 1. The predicted molar refractivity (Wildman–Crippen MR) is 101 cm³/mol. The van der Waals surface area contributed by atoms with Gasteiger partial charge < -0.3 is 19.1 Å². The molecule has 0 bridgehead atoms. The first-order valence-electron chi connectivity index (χ1n) is 9.73. The van der Waals surface area contributed by atoms with Crippen molar-refractivity contribution in [2.75, 3.05) is 26.3 Å². The molecule has 26 heavy (non-hydrogen) atoms. The highest BCUT2D eigenvalue weighted by Gasteiger charge is 2.29. The number of amides is 1. The van der Waals surface area contributed by atoms with E-state index >= 15 is 0 Å². The first kappa shape index (κ1) is 19.0. The SMILES string of the molecule is CC(C)(C)OC(=O)N1CCC(c2ccccc2OC2CCOCC2)CC1. The highest BCUT2D eigenvalue weighted by atomic mass is 16.6. The summed E-state index contributed by atoms with van der Waals surface area (Å²) in [6, 6.07) is 8.36. The molecule has 2 fully saturated rings. The number of likely N-dealkylation sites (tertiary alicyclic amines) is 1. The van der Waals surface area contributed by atoms with Gasteiger partial charge in [-0.25, -0.2) is 4.79 Å². The zero-order valence-electron chi connectivity index (χ0n) is 16.2. The monoisotopic (exact) mass is 361 g/mol. The summed E-state index contributed by atoms with van der Waals surface area (Å²) in [6.45, 7) is 8.73. The van der Waals surface area contributed by atoms with Crippen LogP contribution in [0.5, 0.6) is 5.75 Å². The van der Waals surface area contributed by atoms with Crippen LogP contribution < -0.4 is 4.74 Å². The maximum absolute atomic E-state index is 12.3. The fourth-order valence-corrected chi connectivity index (χ4v) is 3.60. The first-order chi connectivity index (χ1) is 12.4. The molecule has 0 aromatic heterocycles. The van der Waals surface area contributed by atoms with Crippen LogP contribution in [0.2, 0.25) is 0 Å². The topological polar surface area (TPSA) is 48.0 Å². The molecular weight excluding hydrogens is 330 g/mol. The third-order valence-corrected chi connectivity index (χ3v) is 4.97. The first-order valence-corrected chi connectivity index (χ1v) is 9.73. The molecule has 0 saturated carbocycles. The van der Waals surface area contributed by atoms with E-state index in [0.29, 0.717) is 5.92 Å². The second-order valence-corrected chi connectivity index (χ2v) is 8.21. The Bertz CT molecular complexity index is 596. The molecule has 5 nitrogen and oxygen atoms in total. The number of rotatable bonds is 3. The third-order valence-electron chi connectivity index (χ3n) is 4.97. The van der Waals surface area contributed by atoms with Crippen molar-refractivity contribution in [1.29, 1.82) is 0 Å². The van der Waals surface area contributed by atoms with Gasteiger partial charge in [-0.3, -0.25) is 0 Å². The third kappa shape index (κ3) is 5.13. The van der Waals surface area contributed by atoms with Gasteiger partial charge in [0, 0.05) is 25.9 Å². The molecule has 0 radical (unpaired) electrons. The van der Waals surface area contributed by atoms with E-state index in [1.807, 2.05) is 31.7 Å². The summed E-state index contributed by atoms with van der Waals surface area (Å²) in [6.07, 6.45) is 3.81. The van der Waals surface area contributed by atoms with Crippen molar-refractivity contribution in [3.8, 4) is 5.75 Å². The minimum Gasteiger partial charge on any atom is -0.490 e. The number of hydrogen-bond donors (Lipinski definition) is 0. The molecule has 0 N–H and O–H groups in total. The minimum atomic E-state index is -0.446. The summed E-state index contributed by atoms with van der Waals surface area (Å²) in [5, 5.41) is 0. The molecule has 144 valence electrons. The van der Waals surface area contributed by atoms with Gasteiger partial charge in [-0.2, -0.15) is 0 Å². The van der Waals surface area contributed by atoms with Crippen LogP contribution in [0.1, 0.15) is 57.9 Å². The van der Waals surface area contributed by atoms with Crippen LogP contribution in [0, 0.1) is 0 Å². The Balaban J connectivity index is 1.60. The molecular formula is C21H31NO4. The molecule has 1 aromatic rings. The fraction of sp³-hybridized carbons (Fsp3) is 0.667. The van der Waals surface area contributed by atoms with Gasteiger partial charge in [0.15, 0.2) is 0 Å². The summed E-state index contributed by atoms with van der Waals surface area (Å²) in [7, 11) is 0. The lowest BCUT2D eigenvalue weighted by atomic mass is 9.89. The number of hydrogen-bond acceptors (Lipinski definition) is 4. The molecule has 0 unspecified atom stereocenters. The van der Waals surface area contributed by atoms with E-state index in [9.17, 15) is 4.79 Å². The Labute approximate surface area is 156 Å². The molecule has 1 amide bonds. The van der Waals surface area contributed by atoms with Gasteiger partial charge >= 0.3 is 6.09 Å².